The Hall–Kier alpha value is -3.19. The van der Waals surface area contributed by atoms with Gasteiger partial charge in [-0.3, -0.25) is 4.79 Å². The summed E-state index contributed by atoms with van der Waals surface area (Å²) in [7, 11) is -3.44. The minimum Gasteiger partial charge on any atom is -0.494 e. The number of nitrogens with one attached hydrogen (secondary N) is 1. The Kier molecular flexibility index (Phi) is 6.26. The quantitative estimate of drug-likeness (QED) is 0.453. The highest BCUT2D eigenvalue weighted by Gasteiger charge is 2.38. The smallest absolute Gasteiger partial charge is 0.234 e. The number of hydrogen-bond acceptors (Lipinski definition) is 4. The maximum Gasteiger partial charge on any atom is 0.234 e. The zero-order valence-corrected chi connectivity index (χ0v) is 19.4. The fraction of sp³-hybridized carbons (Fsp3) is 0.269. The number of rotatable bonds is 8. The molecule has 0 unspecified atom stereocenters. The summed E-state index contributed by atoms with van der Waals surface area (Å²) in [5, 5.41) is 2.86. The van der Waals surface area contributed by atoms with Crippen molar-refractivity contribution in [2.75, 3.05) is 17.7 Å². The Labute approximate surface area is 193 Å². The van der Waals surface area contributed by atoms with Gasteiger partial charge in [-0.05, 0) is 74.2 Å². The van der Waals surface area contributed by atoms with E-state index in [1.807, 2.05) is 26.0 Å². The van der Waals surface area contributed by atoms with Gasteiger partial charge in [0.25, 0.3) is 0 Å². The molecule has 3 aromatic rings. The molecule has 0 spiro atoms. The lowest BCUT2D eigenvalue weighted by atomic mass is 9.86. The van der Waals surface area contributed by atoms with Crippen molar-refractivity contribution >= 4 is 21.4 Å². The number of anilines is 1. The third-order valence-electron chi connectivity index (χ3n) is 5.95. The summed E-state index contributed by atoms with van der Waals surface area (Å²) in [5.74, 6) is 0.278. The number of amides is 1. The normalized spacial score (nSPS) is 14.6. The highest BCUT2D eigenvalue weighted by atomic mass is 32.2. The molecule has 1 amide bonds. The number of sulfone groups is 1. The number of halogens is 1. The van der Waals surface area contributed by atoms with Crippen LogP contribution < -0.4 is 10.1 Å². The van der Waals surface area contributed by atoms with Crippen LogP contribution in [0.5, 0.6) is 5.75 Å². The van der Waals surface area contributed by atoms with E-state index in [4.69, 9.17) is 4.74 Å². The summed E-state index contributed by atoms with van der Waals surface area (Å²) < 4.78 is 45.0. The molecule has 33 heavy (non-hydrogen) atoms. The monoisotopic (exact) mass is 467 g/mol. The Bertz CT molecular complexity index is 1280. The molecule has 172 valence electrons. The molecular formula is C26H26FNO4S. The van der Waals surface area contributed by atoms with Crippen LogP contribution in [-0.2, 0) is 20.0 Å². The van der Waals surface area contributed by atoms with Crippen LogP contribution in [0.25, 0.3) is 11.1 Å². The minimum absolute atomic E-state index is 0.00501. The predicted octanol–water partition coefficient (Wildman–Crippen LogP) is 5.36. The average molecular weight is 468 g/mol. The van der Waals surface area contributed by atoms with Gasteiger partial charge >= 0.3 is 0 Å². The first-order valence-electron chi connectivity index (χ1n) is 10.8. The first-order chi connectivity index (χ1) is 15.7. The molecule has 7 heteroatoms. The molecule has 0 saturated carbocycles. The molecule has 0 aliphatic carbocycles. The van der Waals surface area contributed by atoms with Crippen LogP contribution in [-0.4, -0.2) is 26.7 Å². The van der Waals surface area contributed by atoms with Crippen LogP contribution in [0.15, 0.2) is 71.6 Å². The third kappa shape index (κ3) is 4.78. The van der Waals surface area contributed by atoms with Crippen LogP contribution in [0.4, 0.5) is 10.1 Å². The molecule has 5 nitrogen and oxygen atoms in total. The lowest BCUT2D eigenvalue weighted by Gasteiger charge is -2.16. The van der Waals surface area contributed by atoms with E-state index in [-0.39, 0.29) is 22.4 Å². The van der Waals surface area contributed by atoms with Gasteiger partial charge in [0, 0.05) is 11.3 Å². The maximum atomic E-state index is 13.9. The molecule has 4 rings (SSSR count). The van der Waals surface area contributed by atoms with E-state index in [9.17, 15) is 17.6 Å². The average Bonchev–Trinajstić information content (AvgIpc) is 3.02. The fourth-order valence-corrected chi connectivity index (χ4v) is 5.25. The Balaban J connectivity index is 1.30. The molecular weight excluding hydrogens is 441 g/mol. The summed E-state index contributed by atoms with van der Waals surface area (Å²) in [6.45, 7) is 4.11. The van der Waals surface area contributed by atoms with Crippen LogP contribution in [0.2, 0.25) is 0 Å². The topological polar surface area (TPSA) is 72.5 Å². The van der Waals surface area contributed by atoms with Crippen molar-refractivity contribution in [3.63, 3.8) is 0 Å². The van der Waals surface area contributed by atoms with Gasteiger partial charge in [-0.1, -0.05) is 30.3 Å². The second kappa shape index (κ2) is 8.98. The summed E-state index contributed by atoms with van der Waals surface area (Å²) in [5.41, 5.74) is 2.16. The third-order valence-corrected chi connectivity index (χ3v) is 7.77. The van der Waals surface area contributed by atoms with E-state index < -0.39 is 15.3 Å². The van der Waals surface area contributed by atoms with E-state index in [1.165, 1.54) is 18.2 Å². The second-order valence-corrected chi connectivity index (χ2v) is 10.8. The van der Waals surface area contributed by atoms with E-state index in [1.54, 1.807) is 36.4 Å². The van der Waals surface area contributed by atoms with Gasteiger partial charge in [-0.15, -0.1) is 0 Å². The SMILES string of the molecule is CC1(C)C(=O)Nc2ccc(OCCCCS(=O)(=O)c3ccc(-c4ccccc4F)cc3)cc21. The number of hydrogen-bond donors (Lipinski definition) is 1. The van der Waals surface area contributed by atoms with Gasteiger partial charge in [0.2, 0.25) is 5.91 Å². The number of unbranched alkanes of at least 4 members (excludes halogenated alkanes) is 1. The van der Waals surface area contributed by atoms with Gasteiger partial charge < -0.3 is 10.1 Å². The molecule has 0 radical (unpaired) electrons. The lowest BCUT2D eigenvalue weighted by molar-refractivity contribution is -0.119. The Morgan fingerprint density at radius 1 is 0.970 bits per heavy atom. The fourth-order valence-electron chi connectivity index (χ4n) is 3.88. The Morgan fingerprint density at radius 3 is 2.42 bits per heavy atom. The first-order valence-corrected chi connectivity index (χ1v) is 12.5. The molecule has 1 N–H and O–H groups in total. The number of benzene rings is 3. The molecule has 0 bridgehead atoms. The molecule has 0 fully saturated rings. The molecule has 1 aliphatic heterocycles. The van der Waals surface area contributed by atoms with Gasteiger partial charge in [0.15, 0.2) is 9.84 Å². The van der Waals surface area contributed by atoms with Gasteiger partial charge in [0.05, 0.1) is 22.7 Å². The summed E-state index contributed by atoms with van der Waals surface area (Å²) >= 11 is 0. The molecule has 3 aromatic carbocycles. The molecule has 0 aromatic heterocycles. The predicted molar refractivity (Wildman–Crippen MR) is 127 cm³/mol. The summed E-state index contributed by atoms with van der Waals surface area (Å²) in [4.78, 5) is 12.3. The van der Waals surface area contributed by atoms with Crippen LogP contribution in [0, 0.1) is 5.82 Å². The van der Waals surface area contributed by atoms with Crippen molar-refractivity contribution in [2.24, 2.45) is 0 Å². The van der Waals surface area contributed by atoms with Crippen molar-refractivity contribution in [2.45, 2.75) is 37.0 Å². The van der Waals surface area contributed by atoms with E-state index in [0.29, 0.717) is 36.3 Å². The molecule has 1 heterocycles. The molecule has 1 aliphatic rings. The molecule has 0 saturated heterocycles. The Morgan fingerprint density at radius 2 is 1.70 bits per heavy atom. The van der Waals surface area contributed by atoms with Crippen LogP contribution in [0.3, 0.4) is 0 Å². The van der Waals surface area contributed by atoms with E-state index in [0.717, 1.165) is 11.3 Å². The van der Waals surface area contributed by atoms with Crippen molar-refractivity contribution in [1.82, 2.24) is 0 Å². The maximum absolute atomic E-state index is 13.9. The van der Waals surface area contributed by atoms with Crippen molar-refractivity contribution in [3.05, 3.63) is 78.1 Å². The number of ether oxygens (including phenoxy) is 1. The van der Waals surface area contributed by atoms with E-state index >= 15 is 0 Å². The van der Waals surface area contributed by atoms with Gasteiger partial charge in [-0.25, -0.2) is 12.8 Å². The summed E-state index contributed by atoms with van der Waals surface area (Å²) in [6, 6.07) is 18.2. The van der Waals surface area contributed by atoms with Crippen LogP contribution in [0.1, 0.15) is 32.3 Å². The van der Waals surface area contributed by atoms with Crippen molar-refractivity contribution in [3.8, 4) is 16.9 Å². The largest absolute Gasteiger partial charge is 0.494 e. The van der Waals surface area contributed by atoms with Crippen LogP contribution >= 0.6 is 0 Å². The first kappa shape index (κ1) is 23.0. The standard InChI is InChI=1S/C26H26FNO4S/c1-26(2)22-17-19(11-14-24(22)28-25(26)29)32-15-5-6-16-33(30,31)20-12-9-18(10-13-20)21-7-3-4-8-23(21)27/h3-4,7-14,17H,5-6,15-16H2,1-2H3,(H,28,29). The van der Waals surface area contributed by atoms with Crippen molar-refractivity contribution in [1.29, 1.82) is 0 Å². The number of fused-ring (bicyclic) bond motifs is 1. The highest BCUT2D eigenvalue weighted by molar-refractivity contribution is 7.91. The van der Waals surface area contributed by atoms with Gasteiger partial charge in [0.1, 0.15) is 11.6 Å². The van der Waals surface area contributed by atoms with Gasteiger partial charge in [-0.2, -0.15) is 0 Å². The zero-order chi connectivity index (χ0) is 23.6. The minimum atomic E-state index is -3.44. The van der Waals surface area contributed by atoms with Crippen molar-refractivity contribution < 1.29 is 22.3 Å². The highest BCUT2D eigenvalue weighted by Crippen LogP contribution is 2.39. The summed E-state index contributed by atoms with van der Waals surface area (Å²) in [6.07, 6.45) is 1.03. The number of carbonyl (C=O) groups is 1. The second-order valence-electron chi connectivity index (χ2n) is 8.67. The lowest BCUT2D eigenvalue weighted by Crippen LogP contribution is -2.26. The zero-order valence-electron chi connectivity index (χ0n) is 18.6. The number of carbonyl (C=O) groups excluding carboxylic acids is 1. The van der Waals surface area contributed by atoms with E-state index in [2.05, 4.69) is 5.32 Å². The molecule has 0 atom stereocenters.